The molecule has 2 fully saturated rings. The number of hydrogen-bond donors (Lipinski definition) is 0. The second-order valence-corrected chi connectivity index (χ2v) is 5.42. The lowest BCUT2D eigenvalue weighted by Crippen LogP contribution is -2.49. The maximum atomic E-state index is 14.6. The topological polar surface area (TPSA) is 6.48 Å². The maximum Gasteiger partial charge on any atom is 0.126 e. The molecule has 20 heavy (non-hydrogen) atoms. The molecule has 0 aliphatic carbocycles. The molecule has 2 saturated heterocycles. The summed E-state index contributed by atoms with van der Waals surface area (Å²) in [4.78, 5) is 4.69. The van der Waals surface area contributed by atoms with Crippen LogP contribution in [0.3, 0.4) is 0 Å². The van der Waals surface area contributed by atoms with Crippen molar-refractivity contribution in [2.75, 3.05) is 39.3 Å². The quantitative estimate of drug-likeness (QED) is 0.762. The average molecular weight is 288 g/mol. The highest BCUT2D eigenvalue weighted by Crippen LogP contribution is 2.28. The van der Waals surface area contributed by atoms with Crippen LogP contribution in [0.15, 0.2) is 0 Å². The van der Waals surface area contributed by atoms with Crippen molar-refractivity contribution in [3.05, 3.63) is 0 Å². The van der Waals surface area contributed by atoms with Crippen LogP contribution < -0.4 is 0 Å². The monoisotopic (exact) mass is 288 g/mol. The van der Waals surface area contributed by atoms with Gasteiger partial charge in [0.15, 0.2) is 0 Å². The normalized spacial score (nSPS) is 23.1. The zero-order valence-corrected chi connectivity index (χ0v) is 14.6. The first-order valence-corrected chi connectivity index (χ1v) is 8.85. The third kappa shape index (κ3) is 7.03. The van der Waals surface area contributed by atoms with Crippen molar-refractivity contribution >= 4 is 0 Å². The highest BCUT2D eigenvalue weighted by atomic mass is 19.1. The lowest BCUT2D eigenvalue weighted by molar-refractivity contribution is 0.0209. The van der Waals surface area contributed by atoms with Crippen molar-refractivity contribution in [1.29, 1.82) is 0 Å². The number of alkyl halides is 1. The fourth-order valence-corrected chi connectivity index (χ4v) is 2.95. The molecular formula is C17H37FN2. The summed E-state index contributed by atoms with van der Waals surface area (Å²) in [5, 5.41) is 0. The van der Waals surface area contributed by atoms with Gasteiger partial charge in [0.25, 0.3) is 0 Å². The van der Waals surface area contributed by atoms with Gasteiger partial charge >= 0.3 is 0 Å². The summed E-state index contributed by atoms with van der Waals surface area (Å²) in [5.41, 5.74) is -0.900. The van der Waals surface area contributed by atoms with Crippen LogP contribution in [0.2, 0.25) is 0 Å². The fourth-order valence-electron chi connectivity index (χ4n) is 2.95. The van der Waals surface area contributed by atoms with Gasteiger partial charge in [0.1, 0.15) is 5.67 Å². The van der Waals surface area contributed by atoms with Crippen LogP contribution in [0.4, 0.5) is 4.39 Å². The molecule has 0 spiro atoms. The predicted octanol–water partition coefficient (Wildman–Crippen LogP) is 4.35. The summed E-state index contributed by atoms with van der Waals surface area (Å²) in [5.74, 6) is 0. The molecule has 0 aromatic rings. The first-order chi connectivity index (χ1) is 9.72. The minimum Gasteiger partial charge on any atom is -0.303 e. The molecule has 0 aromatic carbocycles. The van der Waals surface area contributed by atoms with Gasteiger partial charge in [-0.15, -0.1) is 0 Å². The zero-order valence-electron chi connectivity index (χ0n) is 14.6. The molecule has 3 heteroatoms. The van der Waals surface area contributed by atoms with E-state index in [1.165, 1.54) is 19.3 Å². The van der Waals surface area contributed by atoms with Gasteiger partial charge in [0, 0.05) is 19.6 Å². The van der Waals surface area contributed by atoms with E-state index in [1.54, 1.807) is 0 Å². The largest absolute Gasteiger partial charge is 0.303 e. The summed E-state index contributed by atoms with van der Waals surface area (Å²) in [6.07, 6.45) is 5.32. The third-order valence-corrected chi connectivity index (χ3v) is 4.16. The Morgan fingerprint density at radius 3 is 1.75 bits per heavy atom. The van der Waals surface area contributed by atoms with E-state index in [-0.39, 0.29) is 0 Å². The van der Waals surface area contributed by atoms with Gasteiger partial charge in [-0.3, -0.25) is 0 Å². The Bertz CT molecular complexity index is 207. The Hall–Kier alpha value is -0.150. The van der Waals surface area contributed by atoms with Gasteiger partial charge in [-0.1, -0.05) is 41.0 Å². The van der Waals surface area contributed by atoms with E-state index in [0.29, 0.717) is 6.54 Å². The highest BCUT2D eigenvalue weighted by molar-refractivity contribution is 4.89. The van der Waals surface area contributed by atoms with Crippen LogP contribution in [0.5, 0.6) is 0 Å². The van der Waals surface area contributed by atoms with E-state index >= 15 is 0 Å². The second-order valence-electron chi connectivity index (χ2n) is 5.42. The van der Waals surface area contributed by atoms with E-state index in [9.17, 15) is 4.39 Å². The molecule has 2 aliphatic heterocycles. The van der Waals surface area contributed by atoms with Gasteiger partial charge in [-0.2, -0.15) is 0 Å². The summed E-state index contributed by atoms with van der Waals surface area (Å²) < 4.78 is 14.6. The summed E-state index contributed by atoms with van der Waals surface area (Å²) >= 11 is 0. The van der Waals surface area contributed by atoms with E-state index in [4.69, 9.17) is 0 Å². The van der Waals surface area contributed by atoms with Crippen molar-refractivity contribution in [2.45, 2.75) is 72.4 Å². The van der Waals surface area contributed by atoms with Gasteiger partial charge in [-0.05, 0) is 45.3 Å². The van der Waals surface area contributed by atoms with Gasteiger partial charge < -0.3 is 9.80 Å². The molecular weight excluding hydrogens is 251 g/mol. The lowest BCUT2D eigenvalue weighted by Gasteiger charge is -2.39. The van der Waals surface area contributed by atoms with Crippen molar-refractivity contribution in [3.8, 4) is 0 Å². The highest BCUT2D eigenvalue weighted by Gasteiger charge is 2.35. The molecule has 0 saturated carbocycles. The minimum atomic E-state index is -0.900. The molecule has 2 heterocycles. The van der Waals surface area contributed by atoms with Crippen LogP contribution in [0, 0.1) is 0 Å². The Balaban J connectivity index is 0.000000829. The van der Waals surface area contributed by atoms with Crippen LogP contribution >= 0.6 is 0 Å². The Morgan fingerprint density at radius 1 is 0.800 bits per heavy atom. The number of piperidine rings is 2. The first kappa shape index (κ1) is 19.9. The number of rotatable bonds is 3. The molecule has 0 amide bonds. The molecule has 0 radical (unpaired) electrons. The molecule has 2 aliphatic rings. The minimum absolute atomic E-state index is 0.685. The molecule has 0 aromatic heterocycles. The van der Waals surface area contributed by atoms with Gasteiger partial charge in [-0.25, -0.2) is 4.39 Å². The molecule has 0 bridgehead atoms. The molecule has 2 rings (SSSR count). The van der Waals surface area contributed by atoms with Gasteiger partial charge in [0.2, 0.25) is 0 Å². The van der Waals surface area contributed by atoms with Crippen LogP contribution in [-0.2, 0) is 0 Å². The maximum absolute atomic E-state index is 14.6. The van der Waals surface area contributed by atoms with E-state index in [1.807, 2.05) is 27.7 Å². The van der Waals surface area contributed by atoms with Crippen LogP contribution in [0.25, 0.3) is 0 Å². The number of likely N-dealkylation sites (tertiary alicyclic amines) is 2. The lowest BCUT2D eigenvalue weighted by atomic mass is 9.92. The number of nitrogens with zero attached hydrogens (tertiary/aromatic N) is 2. The van der Waals surface area contributed by atoms with Crippen molar-refractivity contribution in [1.82, 2.24) is 9.80 Å². The molecule has 0 atom stereocenters. The van der Waals surface area contributed by atoms with Crippen molar-refractivity contribution < 1.29 is 4.39 Å². The predicted molar refractivity (Wildman–Crippen MR) is 88.2 cm³/mol. The van der Waals surface area contributed by atoms with Crippen molar-refractivity contribution in [3.63, 3.8) is 0 Å². The third-order valence-electron chi connectivity index (χ3n) is 4.16. The first-order valence-electron chi connectivity index (χ1n) is 8.85. The van der Waals surface area contributed by atoms with Crippen molar-refractivity contribution in [2.24, 2.45) is 0 Å². The van der Waals surface area contributed by atoms with E-state index < -0.39 is 5.67 Å². The fraction of sp³-hybridized carbons (Fsp3) is 1.00. The summed E-state index contributed by atoms with van der Waals surface area (Å²) in [7, 11) is 0. The SMILES string of the molecule is CC.CC.CCN1CCC(F)(CN2CCCCC2)CC1. The number of hydrogen-bond acceptors (Lipinski definition) is 2. The van der Waals surface area contributed by atoms with Gasteiger partial charge in [0.05, 0.1) is 0 Å². The number of halogens is 1. The Morgan fingerprint density at radius 2 is 1.30 bits per heavy atom. The molecule has 2 nitrogen and oxygen atoms in total. The zero-order chi connectivity index (χ0) is 15.4. The Kier molecular flexibility index (Phi) is 11.4. The average Bonchev–Trinajstić information content (AvgIpc) is 2.53. The molecule has 122 valence electrons. The summed E-state index contributed by atoms with van der Waals surface area (Å²) in [6.45, 7) is 16.0. The van der Waals surface area contributed by atoms with E-state index in [0.717, 1.165) is 45.6 Å². The van der Waals surface area contributed by atoms with Crippen LogP contribution in [-0.4, -0.2) is 54.7 Å². The molecule has 0 N–H and O–H groups in total. The van der Waals surface area contributed by atoms with E-state index in [2.05, 4.69) is 16.7 Å². The Labute approximate surface area is 126 Å². The standard InChI is InChI=1S/C13H25FN2.2C2H6/c1-2-15-10-6-13(14,7-11-15)12-16-8-4-3-5-9-16;2*1-2/h2-12H2,1H3;2*1-2H3. The second kappa shape index (κ2) is 11.5. The summed E-state index contributed by atoms with van der Waals surface area (Å²) in [6, 6.07) is 0. The smallest absolute Gasteiger partial charge is 0.126 e. The van der Waals surface area contributed by atoms with Crippen LogP contribution in [0.1, 0.15) is 66.7 Å². The molecule has 0 unspecified atom stereocenters.